The Morgan fingerprint density at radius 3 is 1.08 bits per heavy atom. The maximum Gasteiger partial charge on any atom is 0.471 e. The van der Waals surface area contributed by atoms with Crippen molar-refractivity contribution in [2.45, 2.75) is 53.7 Å². The number of rotatable bonds is 10. The summed E-state index contributed by atoms with van der Waals surface area (Å²) in [4.78, 5) is 10.6. The minimum Gasteiger partial charge on any atom is -0.478 e. The molecule has 1 aromatic carbocycles. The van der Waals surface area contributed by atoms with Gasteiger partial charge in [0.1, 0.15) is 5.75 Å². The smallest absolute Gasteiger partial charge is 0.471 e. The Balaban J connectivity index is 3.62. The third-order valence-corrected chi connectivity index (χ3v) is 4.43. The Hall–Kier alpha value is -2.84. The van der Waals surface area contributed by atoms with Gasteiger partial charge in [-0.25, -0.2) is 4.79 Å². The van der Waals surface area contributed by atoms with Crippen LogP contribution in [-0.2, 0) is 0 Å². The molecule has 1 aromatic rings. The van der Waals surface area contributed by atoms with Crippen LogP contribution in [0.3, 0.4) is 0 Å². The molecule has 0 aromatic heterocycles. The molecule has 0 atom stereocenters. The van der Waals surface area contributed by atoms with Crippen molar-refractivity contribution in [3.8, 4) is 5.75 Å². The molecule has 0 saturated heterocycles. The van der Waals surface area contributed by atoms with Gasteiger partial charge in [-0.05, 0) is 24.3 Å². The molecule has 0 spiro atoms. The van der Waals surface area contributed by atoms with Crippen molar-refractivity contribution in [3.05, 3.63) is 29.8 Å². The molecule has 0 saturated carbocycles. The molecular weight excluding hydrogens is 601 g/mol. The van der Waals surface area contributed by atoms with Crippen molar-refractivity contribution < 1.29 is 98.1 Å². The molecular formula is C16H5F19O3. The first-order chi connectivity index (χ1) is 16.4. The Kier molecular flexibility index (Phi) is 7.73. The number of carboxylic acids is 1. The number of halogens is 19. The summed E-state index contributed by atoms with van der Waals surface area (Å²) >= 11 is 0. The van der Waals surface area contributed by atoms with Crippen molar-refractivity contribution in [3.63, 3.8) is 0 Å². The molecule has 3 nitrogen and oxygen atoms in total. The van der Waals surface area contributed by atoms with Crippen molar-refractivity contribution in [2.75, 3.05) is 0 Å². The lowest BCUT2D eigenvalue weighted by molar-refractivity contribution is -0.476. The summed E-state index contributed by atoms with van der Waals surface area (Å²) in [7, 11) is 0. The van der Waals surface area contributed by atoms with Crippen LogP contribution >= 0.6 is 0 Å². The van der Waals surface area contributed by atoms with Gasteiger partial charge in [-0.2, -0.15) is 83.4 Å². The first kappa shape index (κ1) is 33.2. The molecule has 0 bridgehead atoms. The van der Waals surface area contributed by atoms with Crippen molar-refractivity contribution >= 4 is 5.97 Å². The van der Waals surface area contributed by atoms with Crippen molar-refractivity contribution in [1.29, 1.82) is 0 Å². The van der Waals surface area contributed by atoms with Crippen LogP contribution in [0.1, 0.15) is 10.4 Å². The molecule has 0 fully saturated rings. The zero-order valence-corrected chi connectivity index (χ0v) is 16.8. The molecule has 0 aliphatic heterocycles. The highest BCUT2D eigenvalue weighted by Gasteiger charge is 2.97. The van der Waals surface area contributed by atoms with Crippen LogP contribution < -0.4 is 4.74 Å². The van der Waals surface area contributed by atoms with Crippen LogP contribution in [-0.4, -0.2) is 64.8 Å². The van der Waals surface area contributed by atoms with Gasteiger partial charge in [-0.1, -0.05) is 0 Å². The van der Waals surface area contributed by atoms with E-state index in [9.17, 15) is 88.2 Å². The van der Waals surface area contributed by atoms with E-state index < -0.39 is 71.0 Å². The molecule has 0 unspecified atom stereocenters. The number of hydrogen-bond donors (Lipinski definition) is 1. The minimum absolute atomic E-state index is 0.0355. The van der Waals surface area contributed by atoms with E-state index in [0.717, 1.165) is 0 Å². The van der Waals surface area contributed by atoms with Gasteiger partial charge in [0.25, 0.3) is 0 Å². The topological polar surface area (TPSA) is 46.5 Å². The number of carbonyl (C=O) groups is 1. The van der Waals surface area contributed by atoms with E-state index in [0.29, 0.717) is 0 Å². The van der Waals surface area contributed by atoms with E-state index in [-0.39, 0.29) is 24.3 Å². The summed E-state index contributed by atoms with van der Waals surface area (Å²) in [5.74, 6) is -64.5. The SMILES string of the molecule is O=C(O)c1ccc(OC(F)(F)C(F)(F)C(F)(F)C(F)(F)C(F)(F)C(F)(F)C(F)(F)C(F)(F)C(F)(F)F)cc1. The fraction of sp³-hybridized carbons (Fsp3) is 0.562. The Bertz CT molecular complexity index is 1030. The van der Waals surface area contributed by atoms with Crippen molar-refractivity contribution in [2.24, 2.45) is 0 Å². The normalized spacial score (nSPS) is 15.4. The lowest BCUT2D eigenvalue weighted by Gasteiger charge is -2.43. The quantitative estimate of drug-likeness (QED) is 0.283. The summed E-state index contributed by atoms with van der Waals surface area (Å²) in [5.41, 5.74) is -0.831. The predicted molar refractivity (Wildman–Crippen MR) is 79.7 cm³/mol. The van der Waals surface area contributed by atoms with Crippen LogP contribution in [0, 0.1) is 0 Å². The fourth-order valence-corrected chi connectivity index (χ4v) is 2.22. The lowest BCUT2D eigenvalue weighted by Crippen LogP contribution is -2.76. The average Bonchev–Trinajstić information content (AvgIpc) is 2.71. The predicted octanol–water partition coefficient (Wildman–Crippen LogP) is 7.37. The first-order valence-electron chi connectivity index (χ1n) is 8.50. The summed E-state index contributed by atoms with van der Waals surface area (Å²) in [6.45, 7) is 0. The molecule has 0 aliphatic carbocycles. The van der Waals surface area contributed by atoms with Gasteiger partial charge in [-0.3, -0.25) is 0 Å². The van der Waals surface area contributed by atoms with Crippen LogP contribution in [0.15, 0.2) is 24.3 Å². The highest BCUT2D eigenvalue weighted by Crippen LogP contribution is 2.65. The number of carboxylic acid groups (broad SMARTS) is 1. The summed E-state index contributed by atoms with van der Waals surface area (Å²) < 4.78 is 254. The highest BCUT2D eigenvalue weighted by atomic mass is 19.4. The second kappa shape index (κ2) is 8.85. The molecule has 0 heterocycles. The van der Waals surface area contributed by atoms with Crippen LogP contribution in [0.4, 0.5) is 83.4 Å². The van der Waals surface area contributed by atoms with Gasteiger partial charge >= 0.3 is 59.7 Å². The van der Waals surface area contributed by atoms with Crippen molar-refractivity contribution in [1.82, 2.24) is 0 Å². The Labute approximate surface area is 194 Å². The minimum atomic E-state index is -9.02. The van der Waals surface area contributed by atoms with Gasteiger partial charge < -0.3 is 9.84 Å². The third kappa shape index (κ3) is 4.41. The van der Waals surface area contributed by atoms with E-state index in [1.807, 2.05) is 0 Å². The van der Waals surface area contributed by atoms with Gasteiger partial charge in [0.2, 0.25) is 0 Å². The maximum absolute atomic E-state index is 13.7. The summed E-state index contributed by atoms with van der Waals surface area (Å²) in [5, 5.41) is 8.54. The summed E-state index contributed by atoms with van der Waals surface area (Å²) in [6, 6.07) is 0.394. The summed E-state index contributed by atoms with van der Waals surface area (Å²) in [6.07, 6.45) is -15.1. The number of hydrogen-bond acceptors (Lipinski definition) is 2. The zero-order valence-electron chi connectivity index (χ0n) is 16.8. The molecule has 1 rings (SSSR count). The van der Waals surface area contributed by atoms with E-state index >= 15 is 0 Å². The van der Waals surface area contributed by atoms with E-state index in [2.05, 4.69) is 4.74 Å². The number of benzene rings is 1. The number of alkyl halides is 19. The monoisotopic (exact) mass is 606 g/mol. The molecule has 0 aliphatic rings. The molecule has 1 N–H and O–H groups in total. The van der Waals surface area contributed by atoms with Crippen LogP contribution in [0.2, 0.25) is 0 Å². The molecule has 0 radical (unpaired) electrons. The van der Waals surface area contributed by atoms with E-state index in [4.69, 9.17) is 5.11 Å². The van der Waals surface area contributed by atoms with Gasteiger partial charge in [-0.15, -0.1) is 0 Å². The number of ether oxygens (including phenoxy) is 1. The second-order valence-electron chi connectivity index (χ2n) is 6.97. The van der Waals surface area contributed by atoms with E-state index in [1.54, 1.807) is 0 Å². The zero-order chi connectivity index (χ0) is 30.8. The third-order valence-electron chi connectivity index (χ3n) is 4.43. The molecule has 0 amide bonds. The first-order valence-corrected chi connectivity index (χ1v) is 8.50. The molecule has 38 heavy (non-hydrogen) atoms. The van der Waals surface area contributed by atoms with E-state index in [1.165, 1.54) is 0 Å². The highest BCUT2D eigenvalue weighted by molar-refractivity contribution is 5.87. The molecule has 22 heteroatoms. The standard InChI is InChI=1S/C16H5F19O3/c17-8(18,9(19,20)11(23,24)13(27,28)15(31,32)33)10(21,22)12(25,26)14(29,30)16(34,35)38-6-3-1-5(2-4-6)7(36)37/h1-4H,(H,36,37). The number of aromatic carboxylic acids is 1. The second-order valence-corrected chi connectivity index (χ2v) is 6.97. The molecule has 220 valence electrons. The Morgan fingerprint density at radius 2 is 0.789 bits per heavy atom. The van der Waals surface area contributed by atoms with Crippen LogP contribution in [0.5, 0.6) is 5.75 Å². The van der Waals surface area contributed by atoms with Gasteiger partial charge in [0.05, 0.1) is 5.56 Å². The average molecular weight is 606 g/mol. The van der Waals surface area contributed by atoms with Gasteiger partial charge in [0.15, 0.2) is 0 Å². The Morgan fingerprint density at radius 1 is 0.500 bits per heavy atom. The largest absolute Gasteiger partial charge is 0.478 e. The lowest BCUT2D eigenvalue weighted by atomic mass is 9.88. The van der Waals surface area contributed by atoms with Gasteiger partial charge in [0, 0.05) is 0 Å². The van der Waals surface area contributed by atoms with Crippen LogP contribution in [0.25, 0.3) is 0 Å². The maximum atomic E-state index is 13.7. The fourth-order valence-electron chi connectivity index (χ4n) is 2.22.